The maximum Gasteiger partial charge on any atom is 0.194 e. The first kappa shape index (κ1) is 24.8. The van der Waals surface area contributed by atoms with E-state index in [-0.39, 0.29) is 24.0 Å². The van der Waals surface area contributed by atoms with Crippen LogP contribution >= 0.6 is 24.0 Å². The Bertz CT molecular complexity index is 852. The second kappa shape index (κ2) is 11.9. The summed E-state index contributed by atoms with van der Waals surface area (Å²) in [4.78, 5) is 9.78. The van der Waals surface area contributed by atoms with Crippen molar-refractivity contribution in [3.05, 3.63) is 42.0 Å². The molecule has 8 heteroatoms. The van der Waals surface area contributed by atoms with Crippen LogP contribution < -0.4 is 10.2 Å². The molecule has 2 heterocycles. The normalized spacial score (nSPS) is 20.6. The number of likely N-dealkylation sites (tertiary alicyclic amines) is 1. The fourth-order valence-electron chi connectivity index (χ4n) is 4.91. The number of guanidine groups is 1. The van der Waals surface area contributed by atoms with Crippen LogP contribution in [0, 0.1) is 18.8 Å². The summed E-state index contributed by atoms with van der Waals surface area (Å²) in [5.74, 6) is 4.55. The molecule has 4 rings (SSSR count). The molecule has 1 aliphatic carbocycles. The Morgan fingerprint density at radius 3 is 2.44 bits per heavy atom. The highest BCUT2D eigenvalue weighted by molar-refractivity contribution is 14.0. The first-order chi connectivity index (χ1) is 15.1. The molecule has 1 N–H and O–H groups in total. The van der Waals surface area contributed by atoms with Gasteiger partial charge in [0, 0.05) is 46.0 Å². The fraction of sp³-hybridized carbons (Fsp3) is 0.625. The molecule has 2 unspecified atom stereocenters. The first-order valence-electron chi connectivity index (χ1n) is 11.8. The molecule has 1 aliphatic heterocycles. The van der Waals surface area contributed by atoms with Gasteiger partial charge in [0.2, 0.25) is 0 Å². The summed E-state index contributed by atoms with van der Waals surface area (Å²) >= 11 is 0. The van der Waals surface area contributed by atoms with Crippen LogP contribution in [0.15, 0.2) is 35.3 Å². The quantitative estimate of drug-likeness (QED) is 0.245. The van der Waals surface area contributed by atoms with E-state index in [1.807, 2.05) is 18.5 Å². The van der Waals surface area contributed by atoms with Gasteiger partial charge in [0.05, 0.1) is 0 Å². The largest absolute Gasteiger partial charge is 0.375 e. The van der Waals surface area contributed by atoms with E-state index in [4.69, 9.17) is 4.99 Å². The van der Waals surface area contributed by atoms with Crippen LogP contribution in [0.4, 0.5) is 5.69 Å². The molecule has 32 heavy (non-hydrogen) atoms. The monoisotopic (exact) mass is 551 g/mol. The zero-order chi connectivity index (χ0) is 21.6. The minimum absolute atomic E-state index is 0. The highest BCUT2D eigenvalue weighted by Crippen LogP contribution is 2.36. The van der Waals surface area contributed by atoms with Gasteiger partial charge in [-0.1, -0.05) is 31.0 Å². The summed E-state index contributed by atoms with van der Waals surface area (Å²) in [6.45, 7) is 6.75. The van der Waals surface area contributed by atoms with Gasteiger partial charge >= 0.3 is 0 Å². The molecule has 176 valence electrons. The highest BCUT2D eigenvalue weighted by atomic mass is 127. The Kier molecular flexibility index (Phi) is 9.19. The number of para-hydroxylation sites is 1. The average molecular weight is 552 g/mol. The lowest BCUT2D eigenvalue weighted by Gasteiger charge is -2.23. The summed E-state index contributed by atoms with van der Waals surface area (Å²) < 4.78 is 2.03. The summed E-state index contributed by atoms with van der Waals surface area (Å²) in [7, 11) is 4.17. The van der Waals surface area contributed by atoms with E-state index in [9.17, 15) is 0 Å². The number of rotatable bonds is 7. The number of nitrogens with one attached hydrogen (secondary N) is 1. The van der Waals surface area contributed by atoms with Crippen molar-refractivity contribution in [2.24, 2.45) is 23.9 Å². The number of anilines is 1. The SMILES string of the molecule is Cc1nnc(CN=C(NCCCN(C)c2ccccc2)N2CC3CCCCC3C2)n1C.I. The molecule has 2 fully saturated rings. The predicted octanol–water partition coefficient (Wildman–Crippen LogP) is 3.84. The van der Waals surface area contributed by atoms with Gasteiger partial charge in [-0.25, -0.2) is 4.99 Å². The number of nitrogens with zero attached hydrogens (tertiary/aromatic N) is 6. The van der Waals surface area contributed by atoms with Crippen molar-refractivity contribution in [1.29, 1.82) is 0 Å². The summed E-state index contributed by atoms with van der Waals surface area (Å²) in [5.41, 5.74) is 1.26. The third kappa shape index (κ3) is 6.14. The molecule has 1 aromatic carbocycles. The summed E-state index contributed by atoms with van der Waals surface area (Å²) in [6, 6.07) is 10.6. The van der Waals surface area contributed by atoms with Crippen LogP contribution in [0.2, 0.25) is 0 Å². The molecular formula is C24H38IN7. The molecule has 7 nitrogen and oxygen atoms in total. The van der Waals surface area contributed by atoms with E-state index in [0.717, 1.165) is 62.0 Å². The number of aryl methyl sites for hydroxylation is 1. The van der Waals surface area contributed by atoms with Gasteiger partial charge in [-0.15, -0.1) is 34.2 Å². The number of halogens is 1. The Labute approximate surface area is 209 Å². The van der Waals surface area contributed by atoms with E-state index in [2.05, 4.69) is 62.7 Å². The topological polar surface area (TPSA) is 61.6 Å². The Morgan fingerprint density at radius 2 is 1.81 bits per heavy atom. The van der Waals surface area contributed by atoms with Crippen molar-refractivity contribution < 1.29 is 0 Å². The molecule has 0 spiro atoms. The van der Waals surface area contributed by atoms with Gasteiger partial charge in [-0.05, 0) is 50.2 Å². The molecule has 0 radical (unpaired) electrons. The summed E-state index contributed by atoms with van der Waals surface area (Å²) in [6.07, 6.45) is 6.59. The number of aliphatic imine (C=N–C) groups is 1. The number of aromatic nitrogens is 3. The van der Waals surface area contributed by atoms with Crippen molar-refractivity contribution in [1.82, 2.24) is 25.0 Å². The van der Waals surface area contributed by atoms with Gasteiger partial charge in [0.1, 0.15) is 12.4 Å². The second-order valence-corrected chi connectivity index (χ2v) is 9.11. The van der Waals surface area contributed by atoms with Crippen LogP contribution in [-0.2, 0) is 13.6 Å². The van der Waals surface area contributed by atoms with E-state index in [1.54, 1.807) is 0 Å². The van der Waals surface area contributed by atoms with Crippen LogP contribution in [0.3, 0.4) is 0 Å². The highest BCUT2D eigenvalue weighted by Gasteiger charge is 2.35. The third-order valence-electron chi connectivity index (χ3n) is 6.98. The molecule has 0 amide bonds. The van der Waals surface area contributed by atoms with Crippen LogP contribution in [-0.4, -0.2) is 58.9 Å². The maximum atomic E-state index is 4.98. The third-order valence-corrected chi connectivity index (χ3v) is 6.98. The van der Waals surface area contributed by atoms with Crippen LogP contribution in [0.1, 0.15) is 43.8 Å². The lowest BCUT2D eigenvalue weighted by Crippen LogP contribution is -2.41. The van der Waals surface area contributed by atoms with E-state index < -0.39 is 0 Å². The van der Waals surface area contributed by atoms with E-state index >= 15 is 0 Å². The fourth-order valence-corrected chi connectivity index (χ4v) is 4.91. The standard InChI is InChI=1S/C24H37N7.HI/c1-19-27-28-23(30(19)3)16-26-24(31-17-20-10-7-8-11-21(20)18-31)25-14-9-15-29(2)22-12-5-4-6-13-22;/h4-6,12-13,20-21H,7-11,14-18H2,1-3H3,(H,25,26);1H. The predicted molar refractivity (Wildman–Crippen MR) is 142 cm³/mol. The van der Waals surface area contributed by atoms with Crippen molar-refractivity contribution in [3.8, 4) is 0 Å². The first-order valence-corrected chi connectivity index (χ1v) is 11.8. The van der Waals surface area contributed by atoms with Gasteiger partial charge in [-0.3, -0.25) is 0 Å². The molecule has 2 aromatic rings. The van der Waals surface area contributed by atoms with Crippen LogP contribution in [0.25, 0.3) is 0 Å². The maximum absolute atomic E-state index is 4.98. The Hall–Kier alpha value is -1.84. The minimum atomic E-state index is 0. The lowest BCUT2D eigenvalue weighted by atomic mass is 9.82. The number of benzene rings is 1. The van der Waals surface area contributed by atoms with Crippen molar-refractivity contribution in [2.45, 2.75) is 45.6 Å². The average Bonchev–Trinajstić information content (AvgIpc) is 3.37. The van der Waals surface area contributed by atoms with Crippen molar-refractivity contribution in [3.63, 3.8) is 0 Å². The molecule has 1 aromatic heterocycles. The van der Waals surface area contributed by atoms with E-state index in [1.165, 1.54) is 31.4 Å². The van der Waals surface area contributed by atoms with E-state index in [0.29, 0.717) is 6.54 Å². The smallest absolute Gasteiger partial charge is 0.194 e. The van der Waals surface area contributed by atoms with Crippen molar-refractivity contribution >= 4 is 35.6 Å². The van der Waals surface area contributed by atoms with Gasteiger partial charge in [0.15, 0.2) is 11.8 Å². The number of hydrogen-bond donors (Lipinski definition) is 1. The lowest BCUT2D eigenvalue weighted by molar-refractivity contribution is 0.299. The second-order valence-electron chi connectivity index (χ2n) is 9.11. The Morgan fingerprint density at radius 1 is 1.12 bits per heavy atom. The molecule has 1 saturated heterocycles. The zero-order valence-corrected chi connectivity index (χ0v) is 22.0. The molecule has 2 atom stereocenters. The minimum Gasteiger partial charge on any atom is -0.375 e. The zero-order valence-electron chi connectivity index (χ0n) is 19.7. The molecular weight excluding hydrogens is 513 g/mol. The number of fused-ring (bicyclic) bond motifs is 1. The molecule has 2 aliphatic rings. The van der Waals surface area contributed by atoms with Crippen LogP contribution in [0.5, 0.6) is 0 Å². The molecule has 1 saturated carbocycles. The van der Waals surface area contributed by atoms with Gasteiger partial charge in [0.25, 0.3) is 0 Å². The Balaban J connectivity index is 0.00000289. The van der Waals surface area contributed by atoms with Gasteiger partial charge in [-0.2, -0.15) is 0 Å². The summed E-state index contributed by atoms with van der Waals surface area (Å²) in [5, 5.41) is 12.1. The van der Waals surface area contributed by atoms with Gasteiger partial charge < -0.3 is 19.7 Å². The van der Waals surface area contributed by atoms with Crippen molar-refractivity contribution in [2.75, 3.05) is 38.1 Å². The number of hydrogen-bond acceptors (Lipinski definition) is 4. The molecule has 0 bridgehead atoms.